The molecule has 3 aromatic rings. The molecule has 1 fully saturated rings. The predicted molar refractivity (Wildman–Crippen MR) is 104 cm³/mol. The zero-order valence-electron chi connectivity index (χ0n) is 13.8. The number of hydrogen-bond acceptors (Lipinski definition) is 4. The van der Waals surface area contributed by atoms with Crippen molar-refractivity contribution in [1.29, 1.82) is 0 Å². The molecule has 1 aliphatic heterocycles. The lowest BCUT2D eigenvalue weighted by atomic mass is 10.2. The van der Waals surface area contributed by atoms with Crippen molar-refractivity contribution in [2.75, 3.05) is 12.3 Å². The highest BCUT2D eigenvalue weighted by atomic mass is 35.5. The Hall–Kier alpha value is -2.31. The molecule has 0 bridgehead atoms. The summed E-state index contributed by atoms with van der Waals surface area (Å²) in [7, 11) is 0. The van der Waals surface area contributed by atoms with Crippen LogP contribution in [0.3, 0.4) is 0 Å². The van der Waals surface area contributed by atoms with E-state index in [1.807, 2.05) is 30.3 Å². The zero-order chi connectivity index (χ0) is 18.1. The second kappa shape index (κ2) is 7.13. The third-order valence-corrected chi connectivity index (χ3v) is 6.01. The van der Waals surface area contributed by atoms with Gasteiger partial charge >= 0.3 is 0 Å². The Balaban J connectivity index is 1.61. The van der Waals surface area contributed by atoms with Crippen molar-refractivity contribution in [1.82, 2.24) is 14.5 Å². The summed E-state index contributed by atoms with van der Waals surface area (Å²) < 4.78 is 1.37. The Labute approximate surface area is 159 Å². The highest BCUT2D eigenvalue weighted by molar-refractivity contribution is 7.99. The van der Waals surface area contributed by atoms with Gasteiger partial charge in [-0.1, -0.05) is 41.9 Å². The molecule has 0 radical (unpaired) electrons. The van der Waals surface area contributed by atoms with E-state index in [0.717, 1.165) is 11.3 Å². The van der Waals surface area contributed by atoms with E-state index in [1.165, 1.54) is 10.9 Å². The number of aromatic nitrogens is 2. The lowest BCUT2D eigenvalue weighted by Crippen LogP contribution is -2.36. The standard InChI is InChI=1S/C19H16ClN3O2S/c20-15-7-3-1-5-13(15)19-23(9-10-26-19)17(24)11-22-12-21-16-8-4-2-6-14(16)18(22)25/h1-8,12,19H,9-11H2. The first-order chi connectivity index (χ1) is 12.6. The summed E-state index contributed by atoms with van der Waals surface area (Å²) in [5, 5.41) is 1.04. The van der Waals surface area contributed by atoms with Crippen LogP contribution < -0.4 is 5.56 Å². The number of carbonyl (C=O) groups is 1. The summed E-state index contributed by atoms with van der Waals surface area (Å²) in [5.74, 6) is 0.728. The van der Waals surface area contributed by atoms with E-state index in [4.69, 9.17) is 11.6 Å². The van der Waals surface area contributed by atoms with E-state index in [2.05, 4.69) is 4.98 Å². The largest absolute Gasteiger partial charge is 0.324 e. The first-order valence-electron chi connectivity index (χ1n) is 8.25. The third-order valence-electron chi connectivity index (χ3n) is 4.42. The summed E-state index contributed by atoms with van der Waals surface area (Å²) in [4.78, 5) is 31.6. The molecule has 0 spiro atoms. The molecule has 132 valence electrons. The molecule has 1 atom stereocenters. The molecule has 1 amide bonds. The van der Waals surface area contributed by atoms with Crippen molar-refractivity contribution in [2.45, 2.75) is 11.9 Å². The maximum absolute atomic E-state index is 12.9. The van der Waals surface area contributed by atoms with E-state index in [1.54, 1.807) is 34.9 Å². The summed E-state index contributed by atoms with van der Waals surface area (Å²) in [5.41, 5.74) is 1.35. The molecule has 2 aromatic carbocycles. The van der Waals surface area contributed by atoms with Crippen molar-refractivity contribution in [3.8, 4) is 0 Å². The molecule has 0 N–H and O–H groups in total. The van der Waals surface area contributed by atoms with Crippen LogP contribution in [-0.4, -0.2) is 32.7 Å². The van der Waals surface area contributed by atoms with Gasteiger partial charge in [-0.05, 0) is 18.2 Å². The number of fused-ring (bicyclic) bond motifs is 1. The molecule has 2 heterocycles. The molecular weight excluding hydrogens is 370 g/mol. The minimum Gasteiger partial charge on any atom is -0.324 e. The van der Waals surface area contributed by atoms with Crippen molar-refractivity contribution < 1.29 is 4.79 Å². The summed E-state index contributed by atoms with van der Waals surface area (Å²) >= 11 is 7.99. The number of carbonyl (C=O) groups excluding carboxylic acids is 1. The van der Waals surface area contributed by atoms with E-state index in [9.17, 15) is 9.59 Å². The molecule has 1 unspecified atom stereocenters. The minimum atomic E-state index is -0.204. The summed E-state index contributed by atoms with van der Waals surface area (Å²) in [6.07, 6.45) is 1.44. The van der Waals surface area contributed by atoms with Crippen molar-refractivity contribution >= 4 is 40.2 Å². The fourth-order valence-corrected chi connectivity index (χ4v) is 4.73. The van der Waals surface area contributed by atoms with Crippen LogP contribution in [0.25, 0.3) is 10.9 Å². The Bertz CT molecular complexity index is 1040. The summed E-state index contributed by atoms with van der Waals surface area (Å²) in [6.45, 7) is 0.604. The molecule has 1 aromatic heterocycles. The second-order valence-corrected chi connectivity index (χ2v) is 7.62. The minimum absolute atomic E-state index is 0.0296. The van der Waals surface area contributed by atoms with Gasteiger partial charge in [-0.3, -0.25) is 14.2 Å². The van der Waals surface area contributed by atoms with Gasteiger partial charge in [-0.2, -0.15) is 0 Å². The molecule has 1 aliphatic rings. The van der Waals surface area contributed by atoms with Crippen LogP contribution in [0.2, 0.25) is 5.02 Å². The van der Waals surface area contributed by atoms with E-state index in [-0.39, 0.29) is 23.4 Å². The maximum Gasteiger partial charge on any atom is 0.261 e. The number of halogens is 1. The quantitative estimate of drug-likeness (QED) is 0.694. The average Bonchev–Trinajstić information content (AvgIpc) is 3.14. The fourth-order valence-electron chi connectivity index (χ4n) is 3.11. The number of hydrogen-bond donors (Lipinski definition) is 0. The zero-order valence-corrected chi connectivity index (χ0v) is 15.4. The highest BCUT2D eigenvalue weighted by Crippen LogP contribution is 2.40. The molecule has 0 saturated carbocycles. The van der Waals surface area contributed by atoms with Crippen LogP contribution in [-0.2, 0) is 11.3 Å². The van der Waals surface area contributed by atoms with Gasteiger partial charge in [0.25, 0.3) is 5.56 Å². The Morgan fingerprint density at radius 3 is 2.81 bits per heavy atom. The van der Waals surface area contributed by atoms with Crippen LogP contribution in [0.15, 0.2) is 59.7 Å². The third kappa shape index (κ3) is 3.10. The van der Waals surface area contributed by atoms with Gasteiger partial charge in [0.05, 0.1) is 17.2 Å². The molecule has 0 aliphatic carbocycles. The Morgan fingerprint density at radius 2 is 1.96 bits per heavy atom. The predicted octanol–water partition coefficient (Wildman–Crippen LogP) is 3.32. The van der Waals surface area contributed by atoms with Crippen LogP contribution in [0.1, 0.15) is 10.9 Å². The summed E-state index contributed by atoms with van der Waals surface area (Å²) in [6, 6.07) is 14.7. The van der Waals surface area contributed by atoms with Crippen molar-refractivity contribution in [2.24, 2.45) is 0 Å². The van der Waals surface area contributed by atoms with Gasteiger partial charge < -0.3 is 4.90 Å². The van der Waals surface area contributed by atoms with Gasteiger partial charge in [0, 0.05) is 22.9 Å². The number of thioether (sulfide) groups is 1. The van der Waals surface area contributed by atoms with E-state index < -0.39 is 0 Å². The highest BCUT2D eigenvalue weighted by Gasteiger charge is 2.31. The second-order valence-electron chi connectivity index (χ2n) is 6.03. The number of para-hydroxylation sites is 1. The lowest BCUT2D eigenvalue weighted by Gasteiger charge is -2.25. The molecule has 26 heavy (non-hydrogen) atoms. The topological polar surface area (TPSA) is 55.2 Å². The number of benzene rings is 2. The number of rotatable bonds is 3. The van der Waals surface area contributed by atoms with Crippen LogP contribution in [0, 0.1) is 0 Å². The van der Waals surface area contributed by atoms with E-state index in [0.29, 0.717) is 22.5 Å². The van der Waals surface area contributed by atoms with E-state index >= 15 is 0 Å². The number of amides is 1. The lowest BCUT2D eigenvalue weighted by molar-refractivity contribution is -0.132. The van der Waals surface area contributed by atoms with Gasteiger partial charge in [0.1, 0.15) is 11.9 Å². The smallest absolute Gasteiger partial charge is 0.261 e. The fraction of sp³-hybridized carbons (Fsp3) is 0.211. The van der Waals surface area contributed by atoms with Crippen molar-refractivity contribution in [3.63, 3.8) is 0 Å². The van der Waals surface area contributed by atoms with Gasteiger partial charge in [0.2, 0.25) is 5.91 Å². The Kier molecular flexibility index (Phi) is 4.70. The molecule has 4 rings (SSSR count). The molecule has 5 nitrogen and oxygen atoms in total. The monoisotopic (exact) mass is 385 g/mol. The van der Waals surface area contributed by atoms with Crippen LogP contribution >= 0.6 is 23.4 Å². The van der Waals surface area contributed by atoms with Gasteiger partial charge in [0.15, 0.2) is 0 Å². The molecule has 1 saturated heterocycles. The molecular formula is C19H16ClN3O2S. The Morgan fingerprint density at radius 1 is 1.19 bits per heavy atom. The average molecular weight is 386 g/mol. The first kappa shape index (κ1) is 17.1. The van der Waals surface area contributed by atoms with Gasteiger partial charge in [-0.25, -0.2) is 4.98 Å². The normalized spacial score (nSPS) is 17.0. The SMILES string of the molecule is O=C(Cn1cnc2ccccc2c1=O)N1CCSC1c1ccccc1Cl. The van der Waals surface area contributed by atoms with Crippen molar-refractivity contribution in [3.05, 3.63) is 75.8 Å². The molecule has 7 heteroatoms. The maximum atomic E-state index is 12.9. The first-order valence-corrected chi connectivity index (χ1v) is 9.67. The van der Waals surface area contributed by atoms with Gasteiger partial charge in [-0.15, -0.1) is 11.8 Å². The number of nitrogens with zero attached hydrogens (tertiary/aromatic N) is 3. The van der Waals surface area contributed by atoms with Crippen LogP contribution in [0.4, 0.5) is 0 Å². The van der Waals surface area contributed by atoms with Crippen LogP contribution in [0.5, 0.6) is 0 Å².